The third-order valence-electron chi connectivity index (χ3n) is 3.39. The van der Waals surface area contributed by atoms with Crippen LogP contribution in [0.4, 0.5) is 17.6 Å². The highest BCUT2D eigenvalue weighted by atomic mass is 19.4. The topological polar surface area (TPSA) is 97.1 Å². The van der Waals surface area contributed by atoms with Crippen molar-refractivity contribution in [2.75, 3.05) is 0 Å². The van der Waals surface area contributed by atoms with Crippen molar-refractivity contribution < 1.29 is 32.3 Å². The number of carbonyl (C=O) groups is 2. The summed E-state index contributed by atoms with van der Waals surface area (Å²) in [5.41, 5.74) is -2.91. The van der Waals surface area contributed by atoms with E-state index in [1.165, 1.54) is 6.07 Å². The van der Waals surface area contributed by atoms with Gasteiger partial charge in [0.25, 0.3) is 5.91 Å². The molecule has 0 saturated carbocycles. The second-order valence-corrected chi connectivity index (χ2v) is 5.33. The van der Waals surface area contributed by atoms with Crippen LogP contribution in [0.3, 0.4) is 0 Å². The predicted octanol–water partition coefficient (Wildman–Crippen LogP) is 2.41. The molecule has 140 valence electrons. The number of aromatic nitrogens is 3. The monoisotopic (exact) mass is 374 g/mol. The van der Waals surface area contributed by atoms with Gasteiger partial charge in [-0.2, -0.15) is 13.2 Å². The van der Waals surface area contributed by atoms with Crippen molar-refractivity contribution in [3.05, 3.63) is 41.5 Å². The minimum absolute atomic E-state index is 0.0282. The third-order valence-corrected chi connectivity index (χ3v) is 3.39. The molecule has 1 aromatic carbocycles. The van der Waals surface area contributed by atoms with Crippen molar-refractivity contribution in [3.63, 3.8) is 0 Å². The highest BCUT2D eigenvalue weighted by molar-refractivity contribution is 5.96. The minimum atomic E-state index is -5.04. The lowest BCUT2D eigenvalue weighted by atomic mass is 10.1. The summed E-state index contributed by atoms with van der Waals surface area (Å²) in [4.78, 5) is 23.2. The van der Waals surface area contributed by atoms with E-state index in [9.17, 15) is 27.2 Å². The number of aliphatic carboxylic acids is 1. The maximum atomic E-state index is 13.4. The second kappa shape index (κ2) is 7.50. The maximum absolute atomic E-state index is 13.4. The summed E-state index contributed by atoms with van der Waals surface area (Å²) < 4.78 is 53.9. The standard InChI is InChI=1S/C15H14F4N4O3/c1-2-4-10(14(25)26)20-13(24)11-12(15(17,18)19)23(22-21-11)9-6-3-5-8(16)7-9/h3,5-7,10H,2,4H2,1H3,(H,20,24)(H,25,26). The van der Waals surface area contributed by atoms with Crippen molar-refractivity contribution >= 4 is 11.9 Å². The molecular formula is C15H14F4N4O3. The summed E-state index contributed by atoms with van der Waals surface area (Å²) in [6, 6.07) is 2.79. The first-order valence-electron chi connectivity index (χ1n) is 7.47. The summed E-state index contributed by atoms with van der Waals surface area (Å²) in [5.74, 6) is -3.52. The van der Waals surface area contributed by atoms with Gasteiger partial charge in [0.15, 0.2) is 11.4 Å². The molecule has 11 heteroatoms. The SMILES string of the molecule is CCCC(NC(=O)c1nnn(-c2cccc(F)c2)c1C(F)(F)F)C(=O)O. The quantitative estimate of drug-likeness (QED) is 0.757. The summed E-state index contributed by atoms with van der Waals surface area (Å²) in [6.45, 7) is 1.66. The first-order chi connectivity index (χ1) is 12.1. The van der Waals surface area contributed by atoms with Gasteiger partial charge >= 0.3 is 12.1 Å². The Labute approximate surface area is 144 Å². The zero-order chi connectivity index (χ0) is 19.5. The number of hydrogen-bond donors (Lipinski definition) is 2. The lowest BCUT2D eigenvalue weighted by Gasteiger charge is -2.14. The van der Waals surface area contributed by atoms with Gasteiger partial charge < -0.3 is 10.4 Å². The summed E-state index contributed by atoms with van der Waals surface area (Å²) >= 11 is 0. The second-order valence-electron chi connectivity index (χ2n) is 5.33. The van der Waals surface area contributed by atoms with Crippen LogP contribution in [0.25, 0.3) is 5.69 Å². The van der Waals surface area contributed by atoms with E-state index < -0.39 is 41.3 Å². The van der Waals surface area contributed by atoms with Gasteiger partial charge in [0.2, 0.25) is 0 Å². The smallest absolute Gasteiger partial charge is 0.435 e. The minimum Gasteiger partial charge on any atom is -0.480 e. The average molecular weight is 374 g/mol. The summed E-state index contributed by atoms with van der Waals surface area (Å²) in [7, 11) is 0. The van der Waals surface area contributed by atoms with Crippen LogP contribution in [0.5, 0.6) is 0 Å². The molecule has 0 aliphatic rings. The number of carboxylic acids is 1. The summed E-state index contributed by atoms with van der Waals surface area (Å²) in [6.07, 6.45) is -4.62. The molecule has 7 nitrogen and oxygen atoms in total. The number of carboxylic acid groups (broad SMARTS) is 1. The lowest BCUT2D eigenvalue weighted by Crippen LogP contribution is -2.41. The van der Waals surface area contributed by atoms with E-state index in [-0.39, 0.29) is 16.8 Å². The summed E-state index contributed by atoms with van der Waals surface area (Å²) in [5, 5.41) is 17.5. The van der Waals surface area contributed by atoms with Crippen molar-refractivity contribution in [3.8, 4) is 5.69 Å². The number of nitrogens with one attached hydrogen (secondary N) is 1. The van der Waals surface area contributed by atoms with Gasteiger partial charge in [-0.05, 0) is 24.6 Å². The van der Waals surface area contributed by atoms with Gasteiger partial charge in [-0.15, -0.1) is 5.10 Å². The Bertz CT molecular complexity index is 819. The average Bonchev–Trinajstić information content (AvgIpc) is 2.99. The molecule has 0 spiro atoms. The highest BCUT2D eigenvalue weighted by Gasteiger charge is 2.42. The molecule has 2 rings (SSSR count). The van der Waals surface area contributed by atoms with E-state index in [2.05, 4.69) is 10.3 Å². The van der Waals surface area contributed by atoms with E-state index in [0.717, 1.165) is 18.2 Å². The molecule has 1 heterocycles. The largest absolute Gasteiger partial charge is 0.480 e. The van der Waals surface area contributed by atoms with Gasteiger partial charge in [0, 0.05) is 0 Å². The molecule has 2 N–H and O–H groups in total. The fourth-order valence-electron chi connectivity index (χ4n) is 2.25. The zero-order valence-corrected chi connectivity index (χ0v) is 13.4. The predicted molar refractivity (Wildman–Crippen MR) is 80.1 cm³/mol. The molecular weight excluding hydrogens is 360 g/mol. The van der Waals surface area contributed by atoms with E-state index in [1.54, 1.807) is 6.92 Å². The van der Waals surface area contributed by atoms with Gasteiger partial charge in [-0.1, -0.05) is 24.6 Å². The highest BCUT2D eigenvalue weighted by Crippen LogP contribution is 2.32. The van der Waals surface area contributed by atoms with Crippen molar-refractivity contribution in [2.45, 2.75) is 32.0 Å². The van der Waals surface area contributed by atoms with Crippen LogP contribution in [-0.4, -0.2) is 38.0 Å². The molecule has 2 aromatic rings. The van der Waals surface area contributed by atoms with Gasteiger partial charge in [-0.3, -0.25) is 4.79 Å². The Morgan fingerprint density at radius 2 is 2.04 bits per heavy atom. The fourth-order valence-corrected chi connectivity index (χ4v) is 2.25. The van der Waals surface area contributed by atoms with E-state index >= 15 is 0 Å². The van der Waals surface area contributed by atoms with Crippen LogP contribution >= 0.6 is 0 Å². The molecule has 0 bridgehead atoms. The number of alkyl halides is 3. The number of carbonyl (C=O) groups excluding carboxylic acids is 1. The molecule has 0 radical (unpaired) electrons. The molecule has 1 unspecified atom stereocenters. The Morgan fingerprint density at radius 1 is 1.35 bits per heavy atom. The Morgan fingerprint density at radius 3 is 2.58 bits per heavy atom. The first-order valence-corrected chi connectivity index (χ1v) is 7.47. The molecule has 0 aliphatic heterocycles. The molecule has 1 amide bonds. The number of benzene rings is 1. The van der Waals surface area contributed by atoms with Crippen LogP contribution in [0.15, 0.2) is 24.3 Å². The zero-order valence-electron chi connectivity index (χ0n) is 13.4. The van der Waals surface area contributed by atoms with E-state index in [0.29, 0.717) is 6.42 Å². The van der Waals surface area contributed by atoms with Crippen LogP contribution in [0, 0.1) is 5.82 Å². The molecule has 1 aromatic heterocycles. The lowest BCUT2D eigenvalue weighted by molar-refractivity contribution is -0.143. The first kappa shape index (κ1) is 19.3. The molecule has 1 atom stereocenters. The number of nitrogens with zero attached hydrogens (tertiary/aromatic N) is 3. The van der Waals surface area contributed by atoms with Gasteiger partial charge in [-0.25, -0.2) is 13.9 Å². The molecule has 26 heavy (non-hydrogen) atoms. The number of hydrogen-bond acceptors (Lipinski definition) is 4. The van der Waals surface area contributed by atoms with E-state index in [4.69, 9.17) is 5.11 Å². The van der Waals surface area contributed by atoms with Crippen molar-refractivity contribution in [2.24, 2.45) is 0 Å². The molecule has 0 aliphatic carbocycles. The Balaban J connectivity index is 2.47. The normalized spacial score (nSPS) is 12.7. The Kier molecular flexibility index (Phi) is 5.58. The maximum Gasteiger partial charge on any atom is 0.435 e. The number of halogens is 4. The number of rotatable bonds is 6. The van der Waals surface area contributed by atoms with Gasteiger partial charge in [0.1, 0.15) is 11.9 Å². The molecule has 0 fully saturated rings. The molecule has 0 saturated heterocycles. The van der Waals surface area contributed by atoms with E-state index in [1.807, 2.05) is 5.32 Å². The van der Waals surface area contributed by atoms with Gasteiger partial charge in [0.05, 0.1) is 5.69 Å². The van der Waals surface area contributed by atoms with Crippen LogP contribution in [0.1, 0.15) is 35.9 Å². The fraction of sp³-hybridized carbons (Fsp3) is 0.333. The van der Waals surface area contributed by atoms with Crippen molar-refractivity contribution in [1.82, 2.24) is 20.3 Å². The van der Waals surface area contributed by atoms with Crippen LogP contribution in [0.2, 0.25) is 0 Å². The Hall–Kier alpha value is -2.98. The van der Waals surface area contributed by atoms with Crippen LogP contribution in [-0.2, 0) is 11.0 Å². The van der Waals surface area contributed by atoms with Crippen molar-refractivity contribution in [1.29, 1.82) is 0 Å². The van der Waals surface area contributed by atoms with Crippen LogP contribution < -0.4 is 5.32 Å². The third kappa shape index (κ3) is 4.16. The number of amides is 1.